The fourth-order valence-electron chi connectivity index (χ4n) is 1.02. The number of hydrogen-bond donors (Lipinski definition) is 1. The zero-order valence-electron chi connectivity index (χ0n) is 9.35. The van der Waals surface area contributed by atoms with Gasteiger partial charge in [-0.15, -0.1) is 0 Å². The monoisotopic (exact) mass is 194 g/mol. The Labute approximate surface area is 85.3 Å². The number of amides is 1. The number of carbonyl (C=O) groups is 1. The molecule has 1 aliphatic carbocycles. The molecule has 1 fully saturated rings. The average Bonchev–Trinajstić information content (AvgIpc) is 2.85. The van der Waals surface area contributed by atoms with Crippen LogP contribution in [-0.4, -0.2) is 11.7 Å². The van der Waals surface area contributed by atoms with Crippen LogP contribution in [-0.2, 0) is 4.79 Å². The Hall–Kier alpha value is -1.12. The molecular weight excluding hydrogens is 176 g/mol. The summed E-state index contributed by atoms with van der Waals surface area (Å²) in [7, 11) is 0. The minimum Gasteiger partial charge on any atom is -0.314 e. The molecule has 0 bridgehead atoms. The number of allylic oxidation sites excluding steroid dienone is 2. The van der Waals surface area contributed by atoms with E-state index in [4.69, 9.17) is 0 Å². The highest BCUT2D eigenvalue weighted by atomic mass is 16.2. The van der Waals surface area contributed by atoms with E-state index in [0.29, 0.717) is 5.84 Å². The van der Waals surface area contributed by atoms with Gasteiger partial charge in [0, 0.05) is 11.6 Å². The second kappa shape index (κ2) is 4.40. The lowest BCUT2D eigenvalue weighted by molar-refractivity contribution is -0.120. The highest BCUT2D eigenvalue weighted by Crippen LogP contribution is 2.28. The number of rotatable bonds is 2. The van der Waals surface area contributed by atoms with Crippen molar-refractivity contribution in [3.8, 4) is 0 Å². The molecule has 3 nitrogen and oxygen atoms in total. The van der Waals surface area contributed by atoms with Crippen molar-refractivity contribution in [2.75, 3.05) is 0 Å². The van der Waals surface area contributed by atoms with Crippen molar-refractivity contribution in [2.24, 2.45) is 10.9 Å². The molecule has 0 atom stereocenters. The molecule has 78 valence electrons. The fourth-order valence-corrected chi connectivity index (χ4v) is 1.02. The number of nitrogens with one attached hydrogen (secondary N) is 1. The molecule has 1 amide bonds. The van der Waals surface area contributed by atoms with Crippen molar-refractivity contribution in [3.63, 3.8) is 0 Å². The van der Waals surface area contributed by atoms with Gasteiger partial charge in [-0.2, -0.15) is 0 Å². The fraction of sp³-hybridized carbons (Fsp3) is 0.636. The number of carbonyl (C=O) groups excluding carboxylic acids is 1. The molecule has 14 heavy (non-hydrogen) atoms. The quantitative estimate of drug-likeness (QED) is 0.531. The molecule has 1 saturated carbocycles. The Bertz CT molecular complexity index is 294. The van der Waals surface area contributed by atoms with E-state index in [1.54, 1.807) is 0 Å². The molecular formula is C11H18N2O. The third-order valence-electron chi connectivity index (χ3n) is 2.31. The van der Waals surface area contributed by atoms with Crippen LogP contribution in [0, 0.1) is 5.92 Å². The number of amidine groups is 1. The van der Waals surface area contributed by atoms with Gasteiger partial charge in [0.05, 0.1) is 0 Å². The van der Waals surface area contributed by atoms with Crippen molar-refractivity contribution < 1.29 is 4.79 Å². The van der Waals surface area contributed by atoms with Gasteiger partial charge >= 0.3 is 0 Å². The molecule has 1 rings (SSSR count). The van der Waals surface area contributed by atoms with E-state index in [0.717, 1.165) is 18.5 Å². The maximum atomic E-state index is 11.4. The largest absolute Gasteiger partial charge is 0.314 e. The van der Waals surface area contributed by atoms with Gasteiger partial charge in [0.25, 0.3) is 0 Å². The van der Waals surface area contributed by atoms with Gasteiger partial charge in [-0.25, -0.2) is 4.99 Å². The third kappa shape index (κ3) is 3.32. The first-order valence-corrected chi connectivity index (χ1v) is 5.01. The summed E-state index contributed by atoms with van der Waals surface area (Å²) in [5, 5.41) is 2.80. The summed E-state index contributed by atoms with van der Waals surface area (Å²) in [5.41, 5.74) is 2.14. The zero-order valence-corrected chi connectivity index (χ0v) is 9.35. The van der Waals surface area contributed by atoms with Crippen molar-refractivity contribution in [3.05, 3.63) is 11.3 Å². The Balaban J connectivity index is 2.52. The lowest BCUT2D eigenvalue weighted by Gasteiger charge is -2.04. The SMILES string of the molecule is CC(C)=C(C)/N=C(\C)NC(=O)C1CC1. The molecule has 3 heteroatoms. The molecule has 0 aliphatic heterocycles. The zero-order chi connectivity index (χ0) is 10.7. The van der Waals surface area contributed by atoms with Crippen molar-refractivity contribution in [2.45, 2.75) is 40.5 Å². The minimum absolute atomic E-state index is 0.118. The van der Waals surface area contributed by atoms with Gasteiger partial charge in [0.15, 0.2) is 0 Å². The summed E-state index contributed by atoms with van der Waals surface area (Å²) >= 11 is 0. The van der Waals surface area contributed by atoms with Gasteiger partial charge in [0.1, 0.15) is 5.84 Å². The highest BCUT2D eigenvalue weighted by Gasteiger charge is 2.29. The van der Waals surface area contributed by atoms with Crippen LogP contribution in [0.2, 0.25) is 0 Å². The molecule has 0 unspecified atom stereocenters. The van der Waals surface area contributed by atoms with Crippen LogP contribution in [0.15, 0.2) is 16.3 Å². The summed E-state index contributed by atoms with van der Waals surface area (Å²) in [5.74, 6) is 1.06. The van der Waals surface area contributed by atoms with E-state index in [-0.39, 0.29) is 11.8 Å². The molecule has 0 spiro atoms. The molecule has 0 radical (unpaired) electrons. The van der Waals surface area contributed by atoms with Gasteiger partial charge in [-0.05, 0) is 40.5 Å². The van der Waals surface area contributed by atoms with Crippen LogP contribution in [0.3, 0.4) is 0 Å². The van der Waals surface area contributed by atoms with Crippen LogP contribution in [0.4, 0.5) is 0 Å². The average molecular weight is 194 g/mol. The standard InChI is InChI=1S/C11H18N2O/c1-7(2)8(3)12-9(4)13-11(14)10-5-6-10/h10H,5-6H2,1-4H3,(H,12,13,14). The summed E-state index contributed by atoms with van der Waals surface area (Å²) in [4.78, 5) is 15.7. The Morgan fingerprint density at radius 1 is 1.21 bits per heavy atom. The van der Waals surface area contributed by atoms with Crippen LogP contribution in [0.5, 0.6) is 0 Å². The summed E-state index contributed by atoms with van der Waals surface area (Å²) in [6.07, 6.45) is 2.06. The molecule has 1 N–H and O–H groups in total. The maximum Gasteiger partial charge on any atom is 0.228 e. The third-order valence-corrected chi connectivity index (χ3v) is 2.31. The van der Waals surface area contributed by atoms with Crippen LogP contribution < -0.4 is 5.32 Å². The summed E-state index contributed by atoms with van der Waals surface area (Å²) < 4.78 is 0. The summed E-state index contributed by atoms with van der Waals surface area (Å²) in [6.45, 7) is 7.79. The molecule has 0 heterocycles. The normalized spacial score (nSPS) is 16.4. The van der Waals surface area contributed by atoms with Crippen LogP contribution in [0.1, 0.15) is 40.5 Å². The Kier molecular flexibility index (Phi) is 3.44. The molecule has 0 saturated heterocycles. The Morgan fingerprint density at radius 2 is 1.79 bits per heavy atom. The lowest BCUT2D eigenvalue weighted by atomic mass is 10.3. The second-order valence-corrected chi connectivity index (χ2v) is 4.05. The first kappa shape index (κ1) is 11.0. The van der Waals surface area contributed by atoms with Crippen molar-refractivity contribution in [1.82, 2.24) is 5.32 Å². The first-order valence-electron chi connectivity index (χ1n) is 5.01. The molecule has 0 aromatic carbocycles. The summed E-state index contributed by atoms with van der Waals surface area (Å²) in [6, 6.07) is 0. The van der Waals surface area contributed by atoms with E-state index in [1.807, 2.05) is 27.7 Å². The van der Waals surface area contributed by atoms with Crippen molar-refractivity contribution >= 4 is 11.7 Å². The van der Waals surface area contributed by atoms with E-state index >= 15 is 0 Å². The number of aliphatic imine (C=N–C) groups is 1. The molecule has 1 aliphatic rings. The van der Waals surface area contributed by atoms with E-state index in [1.165, 1.54) is 5.57 Å². The van der Waals surface area contributed by atoms with E-state index in [2.05, 4.69) is 10.3 Å². The Morgan fingerprint density at radius 3 is 2.21 bits per heavy atom. The second-order valence-electron chi connectivity index (χ2n) is 4.05. The topological polar surface area (TPSA) is 41.5 Å². The van der Waals surface area contributed by atoms with Gasteiger partial charge < -0.3 is 5.32 Å². The van der Waals surface area contributed by atoms with Crippen LogP contribution in [0.25, 0.3) is 0 Å². The first-order chi connectivity index (χ1) is 6.50. The van der Waals surface area contributed by atoms with Crippen molar-refractivity contribution in [1.29, 1.82) is 0 Å². The predicted octanol–water partition coefficient (Wildman–Crippen LogP) is 2.24. The van der Waals surface area contributed by atoms with Crippen LogP contribution >= 0.6 is 0 Å². The van der Waals surface area contributed by atoms with Gasteiger partial charge in [-0.1, -0.05) is 5.57 Å². The predicted molar refractivity (Wildman–Crippen MR) is 58.0 cm³/mol. The number of hydrogen-bond acceptors (Lipinski definition) is 2. The minimum atomic E-state index is 0.118. The molecule has 0 aromatic rings. The van der Waals surface area contributed by atoms with Gasteiger partial charge in [-0.3, -0.25) is 4.79 Å². The van der Waals surface area contributed by atoms with E-state index in [9.17, 15) is 4.79 Å². The smallest absolute Gasteiger partial charge is 0.228 e. The lowest BCUT2D eigenvalue weighted by Crippen LogP contribution is -2.29. The number of nitrogens with zero attached hydrogens (tertiary/aromatic N) is 1. The highest BCUT2D eigenvalue weighted by molar-refractivity contribution is 5.99. The maximum absolute atomic E-state index is 11.4. The molecule has 0 aromatic heterocycles. The van der Waals surface area contributed by atoms with Gasteiger partial charge in [0.2, 0.25) is 5.91 Å². The van der Waals surface area contributed by atoms with E-state index < -0.39 is 0 Å².